The normalized spacial score (nSPS) is 38.4. The van der Waals surface area contributed by atoms with Crippen LogP contribution in [0.3, 0.4) is 0 Å². The molecule has 0 aliphatic carbocycles. The van der Waals surface area contributed by atoms with Crippen molar-refractivity contribution < 1.29 is 35.0 Å². The molecule has 10 unspecified atom stereocenters. The summed E-state index contributed by atoms with van der Waals surface area (Å²) in [6, 6.07) is 15.2. The lowest BCUT2D eigenvalue weighted by atomic mass is 9.91. The summed E-state index contributed by atoms with van der Waals surface area (Å²) in [5, 5.41) is 56.7. The molecule has 0 aromatic heterocycles. The van der Waals surface area contributed by atoms with Crippen LogP contribution in [0.5, 0.6) is 0 Å². The van der Waals surface area contributed by atoms with Crippen LogP contribution in [0.4, 0.5) is 11.4 Å². The van der Waals surface area contributed by atoms with Crippen LogP contribution in [-0.2, 0) is 9.47 Å². The highest BCUT2D eigenvalue weighted by Gasteiger charge is 2.42. The van der Waals surface area contributed by atoms with Crippen molar-refractivity contribution in [3.05, 3.63) is 48.5 Å². The molecule has 0 bridgehead atoms. The molecule has 10 atom stereocenters. The van der Waals surface area contributed by atoms with Crippen molar-refractivity contribution in [3.63, 3.8) is 0 Å². The van der Waals surface area contributed by atoms with Gasteiger partial charge in [0, 0.05) is 17.3 Å². The van der Waals surface area contributed by atoms with Gasteiger partial charge in [-0.25, -0.2) is 0 Å². The molecule has 7 N–H and O–H groups in total. The maximum Gasteiger partial charge on any atom is 0.157 e. The molecule has 0 radical (unpaired) electrons. The topological polar surface area (TPSA) is 144 Å². The third-order valence-electron chi connectivity index (χ3n) is 6.87. The zero-order chi connectivity index (χ0) is 24.6. The Balaban J connectivity index is 1.38. The second-order valence-corrected chi connectivity index (χ2v) is 9.28. The Bertz CT molecular complexity index is 864. The van der Waals surface area contributed by atoms with Crippen molar-refractivity contribution in [2.24, 2.45) is 5.92 Å². The van der Waals surface area contributed by atoms with Crippen LogP contribution in [0.2, 0.25) is 0 Å². The van der Waals surface area contributed by atoms with E-state index in [4.69, 9.17) is 9.47 Å². The van der Waals surface area contributed by atoms with Crippen molar-refractivity contribution in [1.82, 2.24) is 0 Å². The Morgan fingerprint density at radius 1 is 0.529 bits per heavy atom. The maximum atomic E-state index is 10.3. The molecule has 2 fully saturated rings. The fourth-order valence-corrected chi connectivity index (χ4v) is 4.34. The van der Waals surface area contributed by atoms with Crippen molar-refractivity contribution in [2.45, 2.75) is 76.0 Å². The van der Waals surface area contributed by atoms with Gasteiger partial charge >= 0.3 is 0 Å². The SMILES string of the molecule is CC1OC(Nc2ccc(-c3ccc(NC4OC(C)C(O)C(O)C4O)cc3)cc2)C(O)C(O)C1C. The molecule has 0 spiro atoms. The molecule has 2 aliphatic rings. The molecule has 2 aromatic rings. The van der Waals surface area contributed by atoms with E-state index in [-0.39, 0.29) is 12.0 Å². The smallest absolute Gasteiger partial charge is 0.157 e. The summed E-state index contributed by atoms with van der Waals surface area (Å²) >= 11 is 0. The van der Waals surface area contributed by atoms with E-state index in [2.05, 4.69) is 10.6 Å². The average Bonchev–Trinajstić information content (AvgIpc) is 2.84. The van der Waals surface area contributed by atoms with Gasteiger partial charge in [0.15, 0.2) is 12.5 Å². The summed E-state index contributed by atoms with van der Waals surface area (Å²) < 4.78 is 11.4. The Morgan fingerprint density at radius 3 is 1.41 bits per heavy atom. The Hall–Kier alpha value is -2.24. The Labute approximate surface area is 199 Å². The Kier molecular flexibility index (Phi) is 7.44. The van der Waals surface area contributed by atoms with Crippen molar-refractivity contribution >= 4 is 11.4 Å². The highest BCUT2D eigenvalue weighted by atomic mass is 16.5. The van der Waals surface area contributed by atoms with Gasteiger partial charge in [-0.3, -0.25) is 0 Å². The molecule has 9 heteroatoms. The lowest BCUT2D eigenvalue weighted by molar-refractivity contribution is -0.209. The molecule has 0 amide bonds. The zero-order valence-electron chi connectivity index (χ0n) is 19.4. The first kappa shape index (κ1) is 24.9. The molecule has 2 aromatic carbocycles. The van der Waals surface area contributed by atoms with Crippen LogP contribution in [0.1, 0.15) is 20.8 Å². The third kappa shape index (κ3) is 5.06. The first-order chi connectivity index (χ1) is 16.2. The lowest BCUT2D eigenvalue weighted by Gasteiger charge is -2.40. The number of aliphatic hydroxyl groups excluding tert-OH is 5. The second-order valence-electron chi connectivity index (χ2n) is 9.28. The minimum Gasteiger partial charge on any atom is -0.390 e. The van der Waals surface area contributed by atoms with Crippen molar-refractivity contribution in [2.75, 3.05) is 10.6 Å². The molecule has 2 saturated heterocycles. The summed E-state index contributed by atoms with van der Waals surface area (Å²) in [4.78, 5) is 0. The molecule has 9 nitrogen and oxygen atoms in total. The summed E-state index contributed by atoms with van der Waals surface area (Å²) in [6.45, 7) is 5.37. The van der Waals surface area contributed by atoms with E-state index < -0.39 is 49.1 Å². The van der Waals surface area contributed by atoms with Crippen LogP contribution in [-0.4, -0.2) is 80.7 Å². The number of anilines is 2. The summed E-state index contributed by atoms with van der Waals surface area (Å²) in [7, 11) is 0. The zero-order valence-corrected chi connectivity index (χ0v) is 19.4. The highest BCUT2D eigenvalue weighted by Crippen LogP contribution is 2.29. The van der Waals surface area contributed by atoms with Crippen LogP contribution < -0.4 is 10.6 Å². The number of benzene rings is 2. The van der Waals surface area contributed by atoms with Gasteiger partial charge in [-0.1, -0.05) is 31.2 Å². The minimum atomic E-state index is -1.29. The first-order valence-corrected chi connectivity index (χ1v) is 11.6. The van der Waals surface area contributed by atoms with E-state index in [1.165, 1.54) is 0 Å². The number of ether oxygens (including phenoxy) is 2. The first-order valence-electron chi connectivity index (χ1n) is 11.6. The van der Waals surface area contributed by atoms with Gasteiger partial charge in [-0.15, -0.1) is 0 Å². The van der Waals surface area contributed by atoms with Gasteiger partial charge < -0.3 is 45.6 Å². The van der Waals surface area contributed by atoms with E-state index in [0.717, 1.165) is 16.8 Å². The minimum absolute atomic E-state index is 0.152. The summed E-state index contributed by atoms with van der Waals surface area (Å²) in [5.74, 6) is -0.152. The van der Waals surface area contributed by atoms with E-state index in [1.807, 2.05) is 62.4 Å². The predicted octanol–water partition coefficient (Wildman–Crippen LogP) is 1.11. The molecule has 34 heavy (non-hydrogen) atoms. The average molecular weight is 475 g/mol. The van der Waals surface area contributed by atoms with Gasteiger partial charge in [0.1, 0.15) is 24.4 Å². The van der Waals surface area contributed by atoms with E-state index in [9.17, 15) is 25.5 Å². The number of hydrogen-bond acceptors (Lipinski definition) is 9. The number of rotatable bonds is 5. The molecular formula is C25H34N2O7. The highest BCUT2D eigenvalue weighted by molar-refractivity contribution is 5.68. The van der Waals surface area contributed by atoms with Gasteiger partial charge in [0.05, 0.1) is 18.3 Å². The third-order valence-corrected chi connectivity index (χ3v) is 6.87. The van der Waals surface area contributed by atoms with Crippen LogP contribution in [0, 0.1) is 5.92 Å². The molecule has 2 aliphatic heterocycles. The number of nitrogens with one attached hydrogen (secondary N) is 2. The lowest BCUT2D eigenvalue weighted by Crippen LogP contribution is -2.58. The van der Waals surface area contributed by atoms with Crippen LogP contribution in [0.25, 0.3) is 11.1 Å². The standard InChI is InChI=1S/C25H34N2O7/c1-12-13(2)33-24(22(31)19(12)28)26-17-8-4-15(5-9-17)16-6-10-18(11-7-16)27-25-23(32)21(30)20(29)14(3)34-25/h4-14,19-32H,1-3H3. The van der Waals surface area contributed by atoms with Gasteiger partial charge in [-0.2, -0.15) is 0 Å². The molecule has 0 saturated carbocycles. The van der Waals surface area contributed by atoms with Gasteiger partial charge in [-0.05, 0) is 49.2 Å². The van der Waals surface area contributed by atoms with Gasteiger partial charge in [0.25, 0.3) is 0 Å². The van der Waals surface area contributed by atoms with Crippen molar-refractivity contribution in [1.29, 1.82) is 0 Å². The maximum absolute atomic E-state index is 10.3. The van der Waals surface area contributed by atoms with Gasteiger partial charge in [0.2, 0.25) is 0 Å². The summed E-state index contributed by atoms with van der Waals surface area (Å²) in [5.41, 5.74) is 3.41. The second kappa shape index (κ2) is 10.2. The van der Waals surface area contributed by atoms with E-state index in [1.54, 1.807) is 6.92 Å². The summed E-state index contributed by atoms with van der Waals surface area (Å²) in [6.07, 6.45) is -7.90. The fraction of sp³-hybridized carbons (Fsp3) is 0.520. The van der Waals surface area contributed by atoms with Crippen LogP contribution in [0.15, 0.2) is 48.5 Å². The molecule has 4 rings (SSSR count). The molecule has 186 valence electrons. The van der Waals surface area contributed by atoms with Crippen LogP contribution >= 0.6 is 0 Å². The Morgan fingerprint density at radius 2 is 0.941 bits per heavy atom. The monoisotopic (exact) mass is 474 g/mol. The number of hydrogen-bond donors (Lipinski definition) is 7. The largest absolute Gasteiger partial charge is 0.390 e. The van der Waals surface area contributed by atoms with Crippen molar-refractivity contribution in [3.8, 4) is 11.1 Å². The van der Waals surface area contributed by atoms with E-state index >= 15 is 0 Å². The quantitative estimate of drug-likeness (QED) is 0.339. The molecular weight excluding hydrogens is 440 g/mol. The fourth-order valence-electron chi connectivity index (χ4n) is 4.34. The molecule has 2 heterocycles. The predicted molar refractivity (Wildman–Crippen MR) is 127 cm³/mol. The van der Waals surface area contributed by atoms with E-state index in [0.29, 0.717) is 5.69 Å². The number of aliphatic hydroxyl groups is 5.